The largest absolute Gasteiger partial charge is 0.377 e. The molecule has 2 aromatic rings. The van der Waals surface area contributed by atoms with Gasteiger partial charge in [0.25, 0.3) is 5.92 Å². The Hall–Kier alpha value is -1.42. The molecular formula is C16H16BrF2N. The van der Waals surface area contributed by atoms with Gasteiger partial charge >= 0.3 is 0 Å². The lowest BCUT2D eigenvalue weighted by atomic mass is 10.1. The minimum Gasteiger partial charge on any atom is -0.377 e. The molecule has 0 aromatic heterocycles. The fourth-order valence-corrected chi connectivity index (χ4v) is 2.94. The SMILES string of the molecule is Cc1cc(C)c(NCC(F)(F)c2ccccc2)c(Br)c1. The Morgan fingerprint density at radius 3 is 2.35 bits per heavy atom. The first kappa shape index (κ1) is 15.0. The molecule has 2 rings (SSSR count). The van der Waals surface area contributed by atoms with Crippen LogP contribution in [-0.4, -0.2) is 6.54 Å². The molecule has 0 spiro atoms. The van der Waals surface area contributed by atoms with Crippen LogP contribution in [0.2, 0.25) is 0 Å². The summed E-state index contributed by atoms with van der Waals surface area (Å²) in [4.78, 5) is 0. The number of halogens is 3. The minimum absolute atomic E-state index is 0.0217. The predicted molar refractivity (Wildman–Crippen MR) is 82.4 cm³/mol. The Labute approximate surface area is 126 Å². The van der Waals surface area contributed by atoms with Crippen molar-refractivity contribution in [1.82, 2.24) is 0 Å². The molecule has 20 heavy (non-hydrogen) atoms. The van der Waals surface area contributed by atoms with Crippen LogP contribution in [0.4, 0.5) is 14.5 Å². The molecule has 0 atom stereocenters. The maximum Gasteiger partial charge on any atom is 0.290 e. The van der Waals surface area contributed by atoms with E-state index < -0.39 is 12.5 Å². The van der Waals surface area contributed by atoms with E-state index in [0.717, 1.165) is 15.6 Å². The smallest absolute Gasteiger partial charge is 0.290 e. The molecule has 0 saturated carbocycles. The van der Waals surface area contributed by atoms with Crippen LogP contribution in [0.3, 0.4) is 0 Å². The van der Waals surface area contributed by atoms with Crippen LogP contribution < -0.4 is 5.32 Å². The molecule has 0 aliphatic carbocycles. The molecule has 0 unspecified atom stereocenters. The number of nitrogens with one attached hydrogen (secondary N) is 1. The molecule has 0 aliphatic rings. The number of rotatable bonds is 4. The summed E-state index contributed by atoms with van der Waals surface area (Å²) in [6.07, 6.45) is 0. The van der Waals surface area contributed by atoms with Crippen molar-refractivity contribution < 1.29 is 8.78 Å². The fourth-order valence-electron chi connectivity index (χ4n) is 2.12. The van der Waals surface area contributed by atoms with Gasteiger partial charge in [-0.15, -0.1) is 0 Å². The van der Waals surface area contributed by atoms with Gasteiger partial charge in [-0.3, -0.25) is 0 Å². The molecule has 0 bridgehead atoms. The van der Waals surface area contributed by atoms with Gasteiger partial charge in [-0.1, -0.05) is 36.4 Å². The molecule has 0 saturated heterocycles. The van der Waals surface area contributed by atoms with E-state index in [9.17, 15) is 8.78 Å². The second-order valence-corrected chi connectivity index (χ2v) is 5.72. The lowest BCUT2D eigenvalue weighted by molar-refractivity contribution is 0.0106. The van der Waals surface area contributed by atoms with Crippen LogP contribution in [0.25, 0.3) is 0 Å². The quantitative estimate of drug-likeness (QED) is 0.799. The van der Waals surface area contributed by atoms with Gasteiger partial charge in [0.05, 0.1) is 12.2 Å². The van der Waals surface area contributed by atoms with Crippen LogP contribution >= 0.6 is 15.9 Å². The first-order valence-corrected chi connectivity index (χ1v) is 7.13. The van der Waals surface area contributed by atoms with Gasteiger partial charge in [-0.25, -0.2) is 0 Å². The van der Waals surface area contributed by atoms with Crippen LogP contribution in [0.1, 0.15) is 16.7 Å². The Morgan fingerprint density at radius 1 is 1.10 bits per heavy atom. The molecule has 0 aliphatic heterocycles. The van der Waals surface area contributed by atoms with Gasteiger partial charge < -0.3 is 5.32 Å². The highest BCUT2D eigenvalue weighted by Gasteiger charge is 2.31. The van der Waals surface area contributed by atoms with Gasteiger partial charge in [-0.2, -0.15) is 8.78 Å². The number of anilines is 1. The van der Waals surface area contributed by atoms with E-state index in [0.29, 0.717) is 5.69 Å². The van der Waals surface area contributed by atoms with Crippen molar-refractivity contribution in [3.05, 3.63) is 63.6 Å². The first-order valence-electron chi connectivity index (χ1n) is 6.34. The number of benzene rings is 2. The number of aryl methyl sites for hydroxylation is 2. The monoisotopic (exact) mass is 339 g/mol. The van der Waals surface area contributed by atoms with E-state index >= 15 is 0 Å². The van der Waals surface area contributed by atoms with Crippen molar-refractivity contribution in [2.45, 2.75) is 19.8 Å². The third-order valence-corrected chi connectivity index (χ3v) is 3.74. The van der Waals surface area contributed by atoms with Gasteiger partial charge in [-0.05, 0) is 47.0 Å². The highest BCUT2D eigenvalue weighted by molar-refractivity contribution is 9.10. The maximum absolute atomic E-state index is 14.1. The zero-order chi connectivity index (χ0) is 14.8. The van der Waals surface area contributed by atoms with E-state index in [2.05, 4.69) is 21.2 Å². The Morgan fingerprint density at radius 2 is 1.75 bits per heavy atom. The molecular weight excluding hydrogens is 324 g/mol. The average Bonchev–Trinajstić information content (AvgIpc) is 2.38. The van der Waals surface area contributed by atoms with E-state index in [1.54, 1.807) is 18.2 Å². The standard InChI is InChI=1S/C16H16BrF2N/c1-11-8-12(2)15(14(17)9-11)20-10-16(18,19)13-6-4-3-5-7-13/h3-9,20H,10H2,1-2H3. The fraction of sp³-hybridized carbons (Fsp3) is 0.250. The Bertz CT molecular complexity index is 574. The lowest BCUT2D eigenvalue weighted by Gasteiger charge is -2.20. The van der Waals surface area contributed by atoms with Crippen molar-refractivity contribution in [2.75, 3.05) is 11.9 Å². The van der Waals surface area contributed by atoms with Gasteiger partial charge in [0.2, 0.25) is 0 Å². The minimum atomic E-state index is -2.90. The topological polar surface area (TPSA) is 12.0 Å². The second-order valence-electron chi connectivity index (χ2n) is 4.86. The lowest BCUT2D eigenvalue weighted by Crippen LogP contribution is -2.25. The van der Waals surface area contributed by atoms with Gasteiger partial charge in [0, 0.05) is 10.0 Å². The van der Waals surface area contributed by atoms with Crippen LogP contribution in [0, 0.1) is 13.8 Å². The zero-order valence-corrected chi connectivity index (χ0v) is 13.0. The number of hydrogen-bond donors (Lipinski definition) is 1. The molecule has 106 valence electrons. The predicted octanol–water partition coefficient (Wildman–Crippen LogP) is 5.27. The Balaban J connectivity index is 2.17. The second kappa shape index (κ2) is 5.92. The van der Waals surface area contributed by atoms with Crippen molar-refractivity contribution in [3.63, 3.8) is 0 Å². The molecule has 1 N–H and O–H groups in total. The van der Waals surface area contributed by atoms with Crippen LogP contribution in [-0.2, 0) is 5.92 Å². The molecule has 0 fully saturated rings. The van der Waals surface area contributed by atoms with E-state index in [-0.39, 0.29) is 5.56 Å². The normalized spacial score (nSPS) is 11.4. The van der Waals surface area contributed by atoms with Crippen molar-refractivity contribution in [1.29, 1.82) is 0 Å². The van der Waals surface area contributed by atoms with Crippen molar-refractivity contribution in [3.8, 4) is 0 Å². The van der Waals surface area contributed by atoms with Crippen molar-refractivity contribution in [2.24, 2.45) is 0 Å². The third-order valence-electron chi connectivity index (χ3n) is 3.12. The highest BCUT2D eigenvalue weighted by Crippen LogP contribution is 2.32. The summed E-state index contributed by atoms with van der Waals surface area (Å²) in [5, 5.41) is 2.85. The van der Waals surface area contributed by atoms with E-state index in [1.165, 1.54) is 12.1 Å². The molecule has 1 nitrogen and oxygen atoms in total. The maximum atomic E-state index is 14.1. The molecule has 0 heterocycles. The molecule has 0 amide bonds. The summed E-state index contributed by atoms with van der Waals surface area (Å²) in [6, 6.07) is 11.7. The summed E-state index contributed by atoms with van der Waals surface area (Å²) >= 11 is 3.41. The summed E-state index contributed by atoms with van der Waals surface area (Å²) < 4.78 is 29.0. The summed E-state index contributed by atoms with van der Waals surface area (Å²) in [7, 11) is 0. The third kappa shape index (κ3) is 3.37. The summed E-state index contributed by atoms with van der Waals surface area (Å²) in [5.74, 6) is -2.90. The molecule has 0 radical (unpaired) electrons. The molecule has 2 aromatic carbocycles. The van der Waals surface area contributed by atoms with E-state index in [1.807, 2.05) is 26.0 Å². The zero-order valence-electron chi connectivity index (χ0n) is 11.4. The van der Waals surface area contributed by atoms with Crippen LogP contribution in [0.15, 0.2) is 46.9 Å². The summed E-state index contributed by atoms with van der Waals surface area (Å²) in [5.41, 5.74) is 2.77. The van der Waals surface area contributed by atoms with Crippen molar-refractivity contribution >= 4 is 21.6 Å². The Kier molecular flexibility index (Phi) is 4.43. The number of hydrogen-bond acceptors (Lipinski definition) is 1. The van der Waals surface area contributed by atoms with Gasteiger partial charge in [0.1, 0.15) is 0 Å². The van der Waals surface area contributed by atoms with E-state index in [4.69, 9.17) is 0 Å². The van der Waals surface area contributed by atoms with Crippen LogP contribution in [0.5, 0.6) is 0 Å². The first-order chi connectivity index (χ1) is 9.40. The number of alkyl halides is 2. The highest BCUT2D eigenvalue weighted by atomic mass is 79.9. The molecule has 4 heteroatoms. The average molecular weight is 340 g/mol. The van der Waals surface area contributed by atoms with Gasteiger partial charge in [0.15, 0.2) is 0 Å². The summed E-state index contributed by atoms with van der Waals surface area (Å²) in [6.45, 7) is 3.44.